The zero-order valence-electron chi connectivity index (χ0n) is 11.7. The second kappa shape index (κ2) is 6.83. The molecule has 118 valence electrons. The lowest BCUT2D eigenvalue weighted by Gasteiger charge is -2.10. The molecule has 1 amide bonds. The maximum absolute atomic E-state index is 12.4. The fourth-order valence-electron chi connectivity index (χ4n) is 1.77. The average molecular weight is 320 g/mol. The standard InChI is InChI=1S/C16H11F3N2O2/c17-16(18,19)12-5-7-13(8-6-12)21-15(22)10-23-14-4-2-1-3-11(14)9-20/h1-8H,10H2,(H,21,22). The highest BCUT2D eigenvalue weighted by Gasteiger charge is 2.29. The van der Waals surface area contributed by atoms with E-state index < -0.39 is 17.6 Å². The molecule has 1 N–H and O–H groups in total. The van der Waals surface area contributed by atoms with Crippen LogP contribution < -0.4 is 10.1 Å². The number of hydrogen-bond donors (Lipinski definition) is 1. The van der Waals surface area contributed by atoms with E-state index >= 15 is 0 Å². The third-order valence-electron chi connectivity index (χ3n) is 2.86. The summed E-state index contributed by atoms with van der Waals surface area (Å²) in [4.78, 5) is 11.7. The van der Waals surface area contributed by atoms with Crippen molar-refractivity contribution in [2.75, 3.05) is 11.9 Å². The molecule has 0 saturated carbocycles. The highest BCUT2D eigenvalue weighted by atomic mass is 19.4. The Morgan fingerprint density at radius 3 is 2.39 bits per heavy atom. The number of amides is 1. The lowest BCUT2D eigenvalue weighted by atomic mass is 10.2. The predicted octanol–water partition coefficient (Wildman–Crippen LogP) is 3.59. The van der Waals surface area contributed by atoms with Gasteiger partial charge < -0.3 is 10.1 Å². The van der Waals surface area contributed by atoms with Crippen LogP contribution in [0, 0.1) is 11.3 Å². The fraction of sp³-hybridized carbons (Fsp3) is 0.125. The molecule has 0 aliphatic heterocycles. The molecular weight excluding hydrogens is 309 g/mol. The van der Waals surface area contributed by atoms with Gasteiger partial charge in [-0.05, 0) is 36.4 Å². The number of hydrogen-bond acceptors (Lipinski definition) is 3. The molecule has 0 unspecified atom stereocenters. The van der Waals surface area contributed by atoms with Crippen molar-refractivity contribution < 1.29 is 22.7 Å². The summed E-state index contributed by atoms with van der Waals surface area (Å²) < 4.78 is 42.5. The number of carbonyl (C=O) groups is 1. The summed E-state index contributed by atoms with van der Waals surface area (Å²) >= 11 is 0. The highest BCUT2D eigenvalue weighted by Crippen LogP contribution is 2.29. The number of anilines is 1. The summed E-state index contributed by atoms with van der Waals surface area (Å²) in [5, 5.41) is 11.3. The second-order valence-electron chi connectivity index (χ2n) is 4.52. The van der Waals surface area contributed by atoms with Crippen LogP contribution in [0.1, 0.15) is 11.1 Å². The van der Waals surface area contributed by atoms with Crippen LogP contribution >= 0.6 is 0 Å². The summed E-state index contributed by atoms with van der Waals surface area (Å²) in [5.74, 6) is -0.282. The summed E-state index contributed by atoms with van der Waals surface area (Å²) in [6, 6.07) is 12.4. The van der Waals surface area contributed by atoms with E-state index in [1.165, 1.54) is 0 Å². The molecule has 0 aliphatic carbocycles. The Bertz CT molecular complexity index is 734. The zero-order valence-corrected chi connectivity index (χ0v) is 11.7. The van der Waals surface area contributed by atoms with Crippen molar-refractivity contribution in [3.05, 3.63) is 59.7 Å². The molecule has 0 aromatic heterocycles. The van der Waals surface area contributed by atoms with Gasteiger partial charge in [-0.15, -0.1) is 0 Å². The van der Waals surface area contributed by atoms with Crippen molar-refractivity contribution in [2.24, 2.45) is 0 Å². The zero-order chi connectivity index (χ0) is 16.9. The fourth-order valence-corrected chi connectivity index (χ4v) is 1.77. The Morgan fingerprint density at radius 1 is 1.13 bits per heavy atom. The monoisotopic (exact) mass is 320 g/mol. The lowest BCUT2D eigenvalue weighted by molar-refractivity contribution is -0.137. The molecule has 0 aliphatic rings. The Hall–Kier alpha value is -3.01. The molecule has 0 fully saturated rings. The van der Waals surface area contributed by atoms with Gasteiger partial charge in [0.15, 0.2) is 6.61 Å². The number of benzene rings is 2. The maximum Gasteiger partial charge on any atom is 0.416 e. The van der Waals surface area contributed by atoms with Crippen LogP contribution in [0.4, 0.5) is 18.9 Å². The minimum absolute atomic E-state index is 0.222. The van der Waals surface area contributed by atoms with E-state index in [0.29, 0.717) is 0 Å². The number of nitrogens with one attached hydrogen (secondary N) is 1. The van der Waals surface area contributed by atoms with Gasteiger partial charge in [-0.3, -0.25) is 4.79 Å². The molecule has 2 aromatic carbocycles. The SMILES string of the molecule is N#Cc1ccccc1OCC(=O)Nc1ccc(C(F)(F)F)cc1. The molecule has 0 radical (unpaired) electrons. The summed E-state index contributed by atoms with van der Waals surface area (Å²) in [6.07, 6.45) is -4.42. The number of rotatable bonds is 4. The number of para-hydroxylation sites is 1. The van der Waals surface area contributed by atoms with Gasteiger partial charge >= 0.3 is 6.18 Å². The lowest BCUT2D eigenvalue weighted by Crippen LogP contribution is -2.20. The Kier molecular flexibility index (Phi) is 4.86. The van der Waals surface area contributed by atoms with E-state index in [4.69, 9.17) is 10.00 Å². The average Bonchev–Trinajstić information content (AvgIpc) is 2.53. The number of halogens is 3. The third kappa shape index (κ3) is 4.48. The van der Waals surface area contributed by atoms with Gasteiger partial charge in [0.2, 0.25) is 0 Å². The number of alkyl halides is 3. The van der Waals surface area contributed by atoms with E-state index in [1.807, 2.05) is 6.07 Å². The van der Waals surface area contributed by atoms with Crippen molar-refractivity contribution in [2.45, 2.75) is 6.18 Å². The largest absolute Gasteiger partial charge is 0.482 e. The minimum Gasteiger partial charge on any atom is -0.482 e. The molecule has 7 heteroatoms. The van der Waals surface area contributed by atoms with E-state index in [0.717, 1.165) is 24.3 Å². The van der Waals surface area contributed by atoms with Crippen molar-refractivity contribution in [3.8, 4) is 11.8 Å². The molecule has 0 saturated heterocycles. The van der Waals surface area contributed by atoms with E-state index in [2.05, 4.69) is 5.32 Å². The molecule has 2 rings (SSSR count). The van der Waals surface area contributed by atoms with Gasteiger partial charge in [-0.25, -0.2) is 0 Å². The van der Waals surface area contributed by atoms with Gasteiger partial charge in [0, 0.05) is 5.69 Å². The van der Waals surface area contributed by atoms with Crippen molar-refractivity contribution >= 4 is 11.6 Å². The molecule has 0 heterocycles. The molecular formula is C16H11F3N2O2. The highest BCUT2D eigenvalue weighted by molar-refractivity contribution is 5.91. The Balaban J connectivity index is 1.94. The number of ether oxygens (including phenoxy) is 1. The van der Waals surface area contributed by atoms with Crippen LogP contribution in [0.3, 0.4) is 0 Å². The van der Waals surface area contributed by atoms with Crippen LogP contribution in [0.2, 0.25) is 0 Å². The van der Waals surface area contributed by atoms with Gasteiger partial charge in [0.1, 0.15) is 11.8 Å². The molecule has 0 bridgehead atoms. The van der Waals surface area contributed by atoms with Crippen LogP contribution in [0.15, 0.2) is 48.5 Å². The van der Waals surface area contributed by atoms with E-state index in [-0.39, 0.29) is 23.6 Å². The number of nitriles is 1. The first-order valence-corrected chi connectivity index (χ1v) is 6.49. The van der Waals surface area contributed by atoms with E-state index in [1.54, 1.807) is 24.3 Å². The first-order valence-electron chi connectivity index (χ1n) is 6.49. The van der Waals surface area contributed by atoms with Gasteiger partial charge in [-0.2, -0.15) is 18.4 Å². The van der Waals surface area contributed by atoms with Crippen molar-refractivity contribution in [1.29, 1.82) is 5.26 Å². The number of carbonyl (C=O) groups excluding carboxylic acids is 1. The third-order valence-corrected chi connectivity index (χ3v) is 2.86. The van der Waals surface area contributed by atoms with Crippen LogP contribution in [0.5, 0.6) is 5.75 Å². The Morgan fingerprint density at radius 2 is 1.78 bits per heavy atom. The van der Waals surface area contributed by atoms with Crippen molar-refractivity contribution in [1.82, 2.24) is 0 Å². The molecule has 4 nitrogen and oxygen atoms in total. The first-order chi connectivity index (χ1) is 10.9. The van der Waals surface area contributed by atoms with Gasteiger partial charge in [-0.1, -0.05) is 12.1 Å². The van der Waals surface area contributed by atoms with Gasteiger partial charge in [0.25, 0.3) is 5.91 Å². The van der Waals surface area contributed by atoms with Crippen LogP contribution in [-0.2, 0) is 11.0 Å². The molecule has 0 atom stereocenters. The second-order valence-corrected chi connectivity index (χ2v) is 4.52. The van der Waals surface area contributed by atoms with Crippen molar-refractivity contribution in [3.63, 3.8) is 0 Å². The molecule has 0 spiro atoms. The summed E-state index contributed by atoms with van der Waals surface area (Å²) in [6.45, 7) is -0.361. The maximum atomic E-state index is 12.4. The normalized spacial score (nSPS) is 10.7. The summed E-state index contributed by atoms with van der Waals surface area (Å²) in [7, 11) is 0. The van der Waals surface area contributed by atoms with Gasteiger partial charge in [0.05, 0.1) is 11.1 Å². The molecule has 2 aromatic rings. The summed E-state index contributed by atoms with van der Waals surface area (Å²) in [5.41, 5.74) is -0.287. The number of nitrogens with zero attached hydrogens (tertiary/aromatic N) is 1. The Labute approximate surface area is 130 Å². The van der Waals surface area contributed by atoms with Crippen LogP contribution in [0.25, 0.3) is 0 Å². The smallest absolute Gasteiger partial charge is 0.416 e. The minimum atomic E-state index is -4.42. The topological polar surface area (TPSA) is 62.1 Å². The molecule has 23 heavy (non-hydrogen) atoms. The van der Waals surface area contributed by atoms with Crippen LogP contribution in [-0.4, -0.2) is 12.5 Å². The first kappa shape index (κ1) is 16.4. The quantitative estimate of drug-likeness (QED) is 0.936. The predicted molar refractivity (Wildman–Crippen MR) is 76.7 cm³/mol. The van der Waals surface area contributed by atoms with E-state index in [9.17, 15) is 18.0 Å².